The molecule has 2 aromatic rings. The van der Waals surface area contributed by atoms with Crippen LogP contribution in [0.5, 0.6) is 11.5 Å². The van der Waals surface area contributed by atoms with Crippen LogP contribution in [0.1, 0.15) is 5.82 Å². The van der Waals surface area contributed by atoms with Crippen molar-refractivity contribution < 1.29 is 9.47 Å². The number of hydrogen-bond donors (Lipinski definition) is 1. The summed E-state index contributed by atoms with van der Waals surface area (Å²) in [7, 11) is 7.35. The summed E-state index contributed by atoms with van der Waals surface area (Å²) < 4.78 is 12.8. The van der Waals surface area contributed by atoms with Gasteiger partial charge in [0.1, 0.15) is 5.82 Å². The monoisotopic (exact) mass is 278 g/mol. The molecule has 0 fully saturated rings. The first-order valence-corrected chi connectivity index (χ1v) is 6.56. The van der Waals surface area contributed by atoms with Crippen molar-refractivity contribution in [1.82, 2.24) is 14.5 Å². The van der Waals surface area contributed by atoms with Crippen LogP contribution >= 0.6 is 0 Å². The Morgan fingerprint density at radius 1 is 1.20 bits per heavy atom. The van der Waals surface area contributed by atoms with Crippen LogP contribution in [0.4, 0.5) is 0 Å². The predicted molar refractivity (Wildman–Crippen MR) is 79.3 cm³/mol. The molecule has 2 N–H and O–H groups in total. The minimum atomic E-state index is 0.409. The molecule has 1 heterocycles. The fraction of sp³-hybridized carbons (Fsp3) is 0.500. The molecule has 0 aliphatic carbocycles. The van der Waals surface area contributed by atoms with Crippen LogP contribution in [0, 0.1) is 0 Å². The van der Waals surface area contributed by atoms with E-state index in [0.29, 0.717) is 18.0 Å². The maximum Gasteiger partial charge on any atom is 0.163 e. The molecule has 1 aromatic heterocycles. The molecule has 6 nitrogen and oxygen atoms in total. The number of methoxy groups -OCH3 is 2. The molecule has 0 aliphatic heterocycles. The van der Waals surface area contributed by atoms with Crippen LogP contribution in [0.15, 0.2) is 12.1 Å². The Bertz CT molecular complexity index is 592. The molecule has 6 heteroatoms. The van der Waals surface area contributed by atoms with Crippen molar-refractivity contribution in [2.24, 2.45) is 5.73 Å². The van der Waals surface area contributed by atoms with Crippen molar-refractivity contribution in [2.45, 2.75) is 13.1 Å². The standard InChI is InChI=1S/C14H22N4O2/c1-17(2)5-6-18-11-8-13(20-4)12(19-3)7-10(11)16-14(18)9-15/h7-8H,5-6,9,15H2,1-4H3. The zero-order valence-electron chi connectivity index (χ0n) is 12.5. The van der Waals surface area contributed by atoms with E-state index in [1.807, 2.05) is 26.2 Å². The van der Waals surface area contributed by atoms with Gasteiger partial charge < -0.3 is 24.7 Å². The third-order valence-corrected chi connectivity index (χ3v) is 3.29. The van der Waals surface area contributed by atoms with Crippen LogP contribution in [0.2, 0.25) is 0 Å². The number of aromatic nitrogens is 2. The molecule has 0 saturated carbocycles. The summed E-state index contributed by atoms with van der Waals surface area (Å²) in [6.07, 6.45) is 0. The normalized spacial score (nSPS) is 11.3. The minimum absolute atomic E-state index is 0.409. The van der Waals surface area contributed by atoms with Gasteiger partial charge >= 0.3 is 0 Å². The Hall–Kier alpha value is -1.79. The molecule has 0 atom stereocenters. The molecule has 20 heavy (non-hydrogen) atoms. The minimum Gasteiger partial charge on any atom is -0.493 e. The number of benzene rings is 1. The highest BCUT2D eigenvalue weighted by Gasteiger charge is 2.14. The average Bonchev–Trinajstić information content (AvgIpc) is 2.79. The summed E-state index contributed by atoms with van der Waals surface area (Å²) in [6, 6.07) is 3.84. The van der Waals surface area contributed by atoms with Crippen molar-refractivity contribution in [3.63, 3.8) is 0 Å². The molecule has 2 rings (SSSR count). The number of nitrogens with two attached hydrogens (primary N) is 1. The number of likely N-dealkylation sites (N-methyl/N-ethyl adjacent to an activating group) is 1. The molecule has 0 spiro atoms. The third kappa shape index (κ3) is 2.71. The van der Waals surface area contributed by atoms with E-state index in [-0.39, 0.29) is 0 Å². The van der Waals surface area contributed by atoms with Crippen LogP contribution in [-0.2, 0) is 13.1 Å². The second kappa shape index (κ2) is 6.11. The fourth-order valence-corrected chi connectivity index (χ4v) is 2.21. The lowest BCUT2D eigenvalue weighted by atomic mass is 10.2. The zero-order valence-corrected chi connectivity index (χ0v) is 12.5. The van der Waals surface area contributed by atoms with Crippen LogP contribution < -0.4 is 15.2 Å². The molecular weight excluding hydrogens is 256 g/mol. The topological polar surface area (TPSA) is 65.5 Å². The van der Waals surface area contributed by atoms with E-state index in [0.717, 1.165) is 29.9 Å². The zero-order chi connectivity index (χ0) is 14.7. The van der Waals surface area contributed by atoms with Crippen LogP contribution in [0.25, 0.3) is 11.0 Å². The molecule has 0 aliphatic rings. The first-order valence-electron chi connectivity index (χ1n) is 6.56. The van der Waals surface area contributed by atoms with Gasteiger partial charge in [0.05, 0.1) is 31.8 Å². The molecule has 0 unspecified atom stereocenters. The fourth-order valence-electron chi connectivity index (χ4n) is 2.21. The van der Waals surface area contributed by atoms with Crippen molar-refractivity contribution in [1.29, 1.82) is 0 Å². The SMILES string of the molecule is COc1cc2nc(CN)n(CCN(C)C)c2cc1OC. The summed E-state index contributed by atoms with van der Waals surface area (Å²) in [5, 5.41) is 0. The van der Waals surface area contributed by atoms with Gasteiger partial charge in [-0.2, -0.15) is 0 Å². The summed E-state index contributed by atoms with van der Waals surface area (Å²) in [5.74, 6) is 2.26. The van der Waals surface area contributed by atoms with E-state index in [1.54, 1.807) is 14.2 Å². The van der Waals surface area contributed by atoms with Gasteiger partial charge in [-0.15, -0.1) is 0 Å². The number of ether oxygens (including phenoxy) is 2. The largest absolute Gasteiger partial charge is 0.493 e. The van der Waals surface area contributed by atoms with Gasteiger partial charge in [0, 0.05) is 25.2 Å². The maximum atomic E-state index is 5.80. The van der Waals surface area contributed by atoms with E-state index in [2.05, 4.69) is 14.5 Å². The quantitative estimate of drug-likeness (QED) is 0.856. The molecular formula is C14H22N4O2. The number of hydrogen-bond acceptors (Lipinski definition) is 5. The van der Waals surface area contributed by atoms with Crippen molar-refractivity contribution in [3.8, 4) is 11.5 Å². The third-order valence-electron chi connectivity index (χ3n) is 3.29. The van der Waals surface area contributed by atoms with Gasteiger partial charge in [-0.25, -0.2) is 4.98 Å². The average molecular weight is 278 g/mol. The van der Waals surface area contributed by atoms with E-state index in [4.69, 9.17) is 15.2 Å². The van der Waals surface area contributed by atoms with Gasteiger partial charge in [0.15, 0.2) is 11.5 Å². The van der Waals surface area contributed by atoms with Crippen molar-refractivity contribution in [2.75, 3.05) is 34.9 Å². The second-order valence-corrected chi connectivity index (χ2v) is 4.88. The Kier molecular flexibility index (Phi) is 4.46. The van der Waals surface area contributed by atoms with Gasteiger partial charge in [0.2, 0.25) is 0 Å². The van der Waals surface area contributed by atoms with Crippen LogP contribution in [0.3, 0.4) is 0 Å². The lowest BCUT2D eigenvalue weighted by Crippen LogP contribution is -2.20. The van der Waals surface area contributed by atoms with Gasteiger partial charge in [0.25, 0.3) is 0 Å². The summed E-state index contributed by atoms with van der Waals surface area (Å²) in [4.78, 5) is 6.71. The van der Waals surface area contributed by atoms with E-state index in [1.165, 1.54) is 0 Å². The highest BCUT2D eigenvalue weighted by molar-refractivity contribution is 5.80. The van der Waals surface area contributed by atoms with Gasteiger partial charge in [-0.1, -0.05) is 0 Å². The first kappa shape index (κ1) is 14.6. The highest BCUT2D eigenvalue weighted by atomic mass is 16.5. The van der Waals surface area contributed by atoms with Crippen LogP contribution in [-0.4, -0.2) is 49.3 Å². The van der Waals surface area contributed by atoms with Crippen molar-refractivity contribution >= 4 is 11.0 Å². The lowest BCUT2D eigenvalue weighted by Gasteiger charge is -2.13. The molecule has 0 amide bonds. The molecule has 0 radical (unpaired) electrons. The molecule has 0 saturated heterocycles. The Morgan fingerprint density at radius 2 is 1.85 bits per heavy atom. The molecule has 1 aromatic carbocycles. The maximum absolute atomic E-state index is 5.80. The van der Waals surface area contributed by atoms with E-state index >= 15 is 0 Å². The smallest absolute Gasteiger partial charge is 0.163 e. The lowest BCUT2D eigenvalue weighted by molar-refractivity contribution is 0.355. The first-order chi connectivity index (χ1) is 9.60. The van der Waals surface area contributed by atoms with E-state index < -0.39 is 0 Å². The Labute approximate surface area is 119 Å². The second-order valence-electron chi connectivity index (χ2n) is 4.88. The predicted octanol–water partition coefficient (Wildman–Crippen LogP) is 1.07. The number of nitrogens with zero attached hydrogens (tertiary/aromatic N) is 3. The summed E-state index contributed by atoms with van der Waals surface area (Å²) >= 11 is 0. The van der Waals surface area contributed by atoms with Crippen molar-refractivity contribution in [3.05, 3.63) is 18.0 Å². The summed E-state index contributed by atoms with van der Waals surface area (Å²) in [6.45, 7) is 2.17. The summed E-state index contributed by atoms with van der Waals surface area (Å²) in [5.41, 5.74) is 7.70. The molecule has 0 bridgehead atoms. The van der Waals surface area contributed by atoms with Gasteiger partial charge in [-0.05, 0) is 14.1 Å². The highest BCUT2D eigenvalue weighted by Crippen LogP contribution is 2.32. The number of fused-ring (bicyclic) bond motifs is 1. The number of imidazole rings is 1. The Morgan fingerprint density at radius 3 is 2.40 bits per heavy atom. The Balaban J connectivity index is 2.53. The van der Waals surface area contributed by atoms with E-state index in [9.17, 15) is 0 Å². The molecule has 110 valence electrons. The number of rotatable bonds is 6. The van der Waals surface area contributed by atoms with Gasteiger partial charge in [-0.3, -0.25) is 0 Å².